The molecule has 3 nitrogen and oxygen atoms in total. The summed E-state index contributed by atoms with van der Waals surface area (Å²) >= 11 is 0. The number of methoxy groups -OCH3 is 1. The van der Waals surface area contributed by atoms with E-state index in [1.165, 1.54) is 57.4 Å². The van der Waals surface area contributed by atoms with Crippen LogP contribution >= 0.6 is 0 Å². The summed E-state index contributed by atoms with van der Waals surface area (Å²) in [6.45, 7) is 6.92. The van der Waals surface area contributed by atoms with Gasteiger partial charge in [0.05, 0.1) is 6.61 Å². The van der Waals surface area contributed by atoms with Crippen LogP contribution in [0.5, 0.6) is 0 Å². The van der Waals surface area contributed by atoms with E-state index in [-0.39, 0.29) is 0 Å². The molecule has 2 heterocycles. The summed E-state index contributed by atoms with van der Waals surface area (Å²) in [4.78, 5) is 2.57. The molecule has 1 atom stereocenters. The third kappa shape index (κ3) is 4.41. The summed E-state index contributed by atoms with van der Waals surface area (Å²) in [5, 5.41) is 3.44. The molecule has 0 aromatic carbocycles. The van der Waals surface area contributed by atoms with E-state index in [4.69, 9.17) is 4.74 Å². The molecule has 1 N–H and O–H groups in total. The largest absolute Gasteiger partial charge is 0.380 e. The zero-order chi connectivity index (χ0) is 11.9. The second kappa shape index (κ2) is 7.14. The Morgan fingerprint density at radius 3 is 3.12 bits per heavy atom. The van der Waals surface area contributed by atoms with Gasteiger partial charge >= 0.3 is 0 Å². The van der Waals surface area contributed by atoms with Gasteiger partial charge in [0.25, 0.3) is 0 Å². The van der Waals surface area contributed by atoms with Crippen LogP contribution in [0.2, 0.25) is 0 Å². The second-order valence-electron chi connectivity index (χ2n) is 5.35. The van der Waals surface area contributed by atoms with Gasteiger partial charge in [-0.2, -0.15) is 0 Å². The molecular weight excluding hydrogens is 212 g/mol. The molecule has 0 spiro atoms. The first-order chi connectivity index (χ1) is 8.38. The highest BCUT2D eigenvalue weighted by atomic mass is 16.5. The molecule has 2 rings (SSSR count). The zero-order valence-corrected chi connectivity index (χ0v) is 11.1. The summed E-state index contributed by atoms with van der Waals surface area (Å²) in [6, 6.07) is 0. The van der Waals surface area contributed by atoms with E-state index >= 15 is 0 Å². The summed E-state index contributed by atoms with van der Waals surface area (Å²) < 4.78 is 5.17. The quantitative estimate of drug-likeness (QED) is 0.712. The average Bonchev–Trinajstić information content (AvgIpc) is 2.85. The third-order valence-electron chi connectivity index (χ3n) is 3.97. The Hall–Kier alpha value is -0.380. The number of hydrogen-bond acceptors (Lipinski definition) is 3. The Bertz CT molecular complexity index is 247. The van der Waals surface area contributed by atoms with E-state index in [2.05, 4.69) is 16.3 Å². The normalized spacial score (nSPS) is 26.2. The van der Waals surface area contributed by atoms with Gasteiger partial charge < -0.3 is 10.1 Å². The first-order valence-electron chi connectivity index (χ1n) is 6.98. The third-order valence-corrected chi connectivity index (χ3v) is 3.97. The highest BCUT2D eigenvalue weighted by Gasteiger charge is 2.15. The van der Waals surface area contributed by atoms with Crippen LogP contribution in [0.4, 0.5) is 0 Å². The summed E-state index contributed by atoms with van der Waals surface area (Å²) in [5.74, 6) is 0.944. The minimum atomic E-state index is 0.821. The predicted octanol–water partition coefficient (Wildman–Crippen LogP) is 1.65. The van der Waals surface area contributed by atoms with Gasteiger partial charge in [-0.3, -0.25) is 4.90 Å². The summed E-state index contributed by atoms with van der Waals surface area (Å²) in [7, 11) is 1.78. The minimum Gasteiger partial charge on any atom is -0.380 e. The van der Waals surface area contributed by atoms with Gasteiger partial charge in [0.15, 0.2) is 0 Å². The molecule has 0 aromatic rings. The fraction of sp³-hybridized carbons (Fsp3) is 0.857. The van der Waals surface area contributed by atoms with Crippen LogP contribution in [0.3, 0.4) is 0 Å². The van der Waals surface area contributed by atoms with Gasteiger partial charge in [-0.15, -0.1) is 0 Å². The van der Waals surface area contributed by atoms with Crippen LogP contribution < -0.4 is 5.32 Å². The average molecular weight is 238 g/mol. The van der Waals surface area contributed by atoms with Gasteiger partial charge in [0.2, 0.25) is 0 Å². The zero-order valence-electron chi connectivity index (χ0n) is 11.1. The van der Waals surface area contributed by atoms with E-state index in [1.54, 1.807) is 7.11 Å². The van der Waals surface area contributed by atoms with Gasteiger partial charge in [0, 0.05) is 20.2 Å². The van der Waals surface area contributed by atoms with Crippen LogP contribution in [-0.2, 0) is 4.74 Å². The topological polar surface area (TPSA) is 24.5 Å². The van der Waals surface area contributed by atoms with Crippen molar-refractivity contribution in [1.29, 1.82) is 0 Å². The van der Waals surface area contributed by atoms with E-state index in [0.29, 0.717) is 0 Å². The standard InChI is InChI=1S/C14H26N2O/c1-17-12-14-5-9-16(10-6-14)8-2-3-13-4-7-15-11-13/h5,13,15H,2-4,6-12H2,1H3. The van der Waals surface area contributed by atoms with Crippen LogP contribution in [-0.4, -0.2) is 51.3 Å². The Kier molecular flexibility index (Phi) is 5.49. The van der Waals surface area contributed by atoms with Crippen LogP contribution in [0.1, 0.15) is 25.7 Å². The lowest BCUT2D eigenvalue weighted by Crippen LogP contribution is -2.30. The molecule has 1 unspecified atom stereocenters. The Balaban J connectivity index is 1.58. The van der Waals surface area contributed by atoms with E-state index in [1.807, 2.05) is 0 Å². The fourth-order valence-electron chi connectivity index (χ4n) is 2.84. The van der Waals surface area contributed by atoms with Crippen molar-refractivity contribution in [3.63, 3.8) is 0 Å². The number of ether oxygens (including phenoxy) is 1. The van der Waals surface area contributed by atoms with Gasteiger partial charge in [0.1, 0.15) is 0 Å². The molecule has 98 valence electrons. The maximum atomic E-state index is 5.17. The van der Waals surface area contributed by atoms with E-state index in [9.17, 15) is 0 Å². The fourth-order valence-corrected chi connectivity index (χ4v) is 2.84. The number of rotatable bonds is 6. The second-order valence-corrected chi connectivity index (χ2v) is 5.35. The molecule has 3 heteroatoms. The van der Waals surface area contributed by atoms with Crippen molar-refractivity contribution >= 4 is 0 Å². The van der Waals surface area contributed by atoms with Crippen LogP contribution in [0.15, 0.2) is 11.6 Å². The Labute approximate surface area is 105 Å². The molecule has 1 saturated heterocycles. The number of nitrogens with zero attached hydrogens (tertiary/aromatic N) is 1. The monoisotopic (exact) mass is 238 g/mol. The van der Waals surface area contributed by atoms with Crippen molar-refractivity contribution in [2.75, 3.05) is 46.4 Å². The highest BCUT2D eigenvalue weighted by molar-refractivity contribution is 5.07. The molecule has 0 aliphatic carbocycles. The molecule has 0 radical (unpaired) electrons. The van der Waals surface area contributed by atoms with E-state index < -0.39 is 0 Å². The number of hydrogen-bond donors (Lipinski definition) is 1. The molecule has 0 aromatic heterocycles. The highest BCUT2D eigenvalue weighted by Crippen LogP contribution is 2.16. The maximum Gasteiger partial charge on any atom is 0.0673 e. The maximum absolute atomic E-state index is 5.17. The van der Waals surface area contributed by atoms with Gasteiger partial charge in [-0.1, -0.05) is 6.08 Å². The predicted molar refractivity (Wildman–Crippen MR) is 71.2 cm³/mol. The lowest BCUT2D eigenvalue weighted by molar-refractivity contribution is 0.210. The molecule has 0 bridgehead atoms. The molecule has 2 aliphatic rings. The van der Waals surface area contributed by atoms with Crippen molar-refractivity contribution in [3.05, 3.63) is 11.6 Å². The van der Waals surface area contributed by atoms with Crippen LogP contribution in [0.25, 0.3) is 0 Å². The van der Waals surface area contributed by atoms with Crippen LogP contribution in [0, 0.1) is 5.92 Å². The molecule has 0 amide bonds. The molecular formula is C14H26N2O. The summed E-state index contributed by atoms with van der Waals surface area (Å²) in [6.07, 6.45) is 7.69. The molecule has 2 aliphatic heterocycles. The van der Waals surface area contributed by atoms with Crippen molar-refractivity contribution in [1.82, 2.24) is 10.2 Å². The van der Waals surface area contributed by atoms with Crippen molar-refractivity contribution in [3.8, 4) is 0 Å². The summed E-state index contributed by atoms with van der Waals surface area (Å²) in [5.41, 5.74) is 1.48. The Morgan fingerprint density at radius 1 is 1.53 bits per heavy atom. The SMILES string of the molecule is COCC1=CCN(CCCC2CCNC2)CC1. The smallest absolute Gasteiger partial charge is 0.0673 e. The van der Waals surface area contributed by atoms with Crippen molar-refractivity contribution in [2.45, 2.75) is 25.7 Å². The van der Waals surface area contributed by atoms with Gasteiger partial charge in [-0.25, -0.2) is 0 Å². The lowest BCUT2D eigenvalue weighted by atomic mass is 10.0. The minimum absolute atomic E-state index is 0.821. The van der Waals surface area contributed by atoms with Crippen molar-refractivity contribution < 1.29 is 4.74 Å². The molecule has 17 heavy (non-hydrogen) atoms. The lowest BCUT2D eigenvalue weighted by Gasteiger charge is -2.26. The molecule has 0 saturated carbocycles. The van der Waals surface area contributed by atoms with Crippen molar-refractivity contribution in [2.24, 2.45) is 5.92 Å². The first kappa shape index (κ1) is 13.1. The van der Waals surface area contributed by atoms with E-state index in [0.717, 1.165) is 19.1 Å². The Morgan fingerprint density at radius 2 is 2.47 bits per heavy atom. The van der Waals surface area contributed by atoms with Gasteiger partial charge in [-0.05, 0) is 56.8 Å². The number of nitrogens with one attached hydrogen (secondary N) is 1. The first-order valence-corrected chi connectivity index (χ1v) is 6.98. The molecule has 1 fully saturated rings.